The first-order valence-electron chi connectivity index (χ1n) is 8.11. The van der Waals surface area contributed by atoms with Crippen molar-refractivity contribution in [2.24, 2.45) is 5.92 Å². The third-order valence-corrected chi connectivity index (χ3v) is 5.11. The summed E-state index contributed by atoms with van der Waals surface area (Å²) in [6.07, 6.45) is 5.27. The normalized spacial score (nSPS) is 21.8. The number of benzene rings is 1. The maximum atomic E-state index is 12.7. The van der Waals surface area contributed by atoms with Crippen molar-refractivity contribution in [1.29, 1.82) is 0 Å². The molecule has 1 aromatic carbocycles. The quantitative estimate of drug-likeness (QED) is 0.856. The Kier molecular flexibility index (Phi) is 3.02. The number of nitrogens with one attached hydrogen (secondary N) is 1. The number of aryl methyl sites for hydroxylation is 2. The second-order valence-electron chi connectivity index (χ2n) is 6.60. The number of hydrogen-bond acceptors (Lipinski definition) is 1. The molecule has 2 aromatic rings. The van der Waals surface area contributed by atoms with Crippen LogP contribution >= 0.6 is 0 Å². The molecule has 2 aliphatic rings. The second-order valence-corrected chi connectivity index (χ2v) is 6.60. The zero-order chi connectivity index (χ0) is 14.4. The Balaban J connectivity index is 1.65. The minimum Gasteiger partial charge on any atom is -0.358 e. The van der Waals surface area contributed by atoms with Crippen molar-refractivity contribution in [2.45, 2.75) is 39.0 Å². The van der Waals surface area contributed by atoms with Crippen LogP contribution in [-0.4, -0.2) is 28.9 Å². The van der Waals surface area contributed by atoms with Crippen LogP contribution in [-0.2, 0) is 17.6 Å². The van der Waals surface area contributed by atoms with Crippen LogP contribution in [0.2, 0.25) is 0 Å². The van der Waals surface area contributed by atoms with Crippen LogP contribution in [0.1, 0.15) is 36.1 Å². The summed E-state index contributed by atoms with van der Waals surface area (Å²) < 4.78 is 0. The number of fused-ring (bicyclic) bond motifs is 3. The lowest BCUT2D eigenvalue weighted by molar-refractivity contribution is -0.134. The molecule has 3 heteroatoms. The molecule has 2 heterocycles. The highest BCUT2D eigenvalue weighted by atomic mass is 16.2. The summed E-state index contributed by atoms with van der Waals surface area (Å²) in [6.45, 7) is 4.07. The third kappa shape index (κ3) is 2.15. The molecule has 4 rings (SSSR count). The van der Waals surface area contributed by atoms with E-state index in [1.165, 1.54) is 40.6 Å². The van der Waals surface area contributed by atoms with Gasteiger partial charge in [0.25, 0.3) is 0 Å². The smallest absolute Gasteiger partial charge is 0.226 e. The lowest BCUT2D eigenvalue weighted by atomic mass is 9.85. The molecule has 1 atom stereocenters. The average Bonchev–Trinajstić information content (AvgIpc) is 3.13. The number of rotatable bonds is 1. The SMILES string of the molecule is Cc1ccc2[nH]c3c(c2c1)CC(C(=O)N1CCCC1)CC3. The van der Waals surface area contributed by atoms with E-state index in [-0.39, 0.29) is 5.92 Å². The molecular weight excluding hydrogens is 260 g/mol. The van der Waals surface area contributed by atoms with Crippen molar-refractivity contribution < 1.29 is 4.79 Å². The van der Waals surface area contributed by atoms with Crippen LogP contribution in [0.25, 0.3) is 10.9 Å². The van der Waals surface area contributed by atoms with Crippen molar-refractivity contribution in [2.75, 3.05) is 13.1 Å². The molecular formula is C18H22N2O. The maximum Gasteiger partial charge on any atom is 0.226 e. The summed E-state index contributed by atoms with van der Waals surface area (Å²) in [5.41, 5.74) is 5.25. The zero-order valence-corrected chi connectivity index (χ0v) is 12.6. The minimum atomic E-state index is 0.190. The molecule has 1 N–H and O–H groups in total. The number of H-pyrrole nitrogens is 1. The largest absolute Gasteiger partial charge is 0.358 e. The van der Waals surface area contributed by atoms with Crippen LogP contribution in [0.15, 0.2) is 18.2 Å². The highest BCUT2D eigenvalue weighted by molar-refractivity contribution is 5.87. The first-order valence-corrected chi connectivity index (χ1v) is 8.11. The van der Waals surface area contributed by atoms with E-state index in [1.807, 2.05) is 0 Å². The Morgan fingerprint density at radius 3 is 2.90 bits per heavy atom. The molecule has 1 unspecified atom stereocenters. The first-order chi connectivity index (χ1) is 10.2. The molecule has 110 valence electrons. The van der Waals surface area contributed by atoms with Crippen molar-refractivity contribution in [1.82, 2.24) is 9.88 Å². The number of likely N-dealkylation sites (tertiary alicyclic amines) is 1. The Hall–Kier alpha value is -1.77. The van der Waals surface area contributed by atoms with Gasteiger partial charge in [-0.3, -0.25) is 4.79 Å². The molecule has 0 radical (unpaired) electrons. The summed E-state index contributed by atoms with van der Waals surface area (Å²) in [6, 6.07) is 6.57. The number of carbonyl (C=O) groups is 1. The van der Waals surface area contributed by atoms with Crippen molar-refractivity contribution >= 4 is 16.8 Å². The lowest BCUT2D eigenvalue weighted by Gasteiger charge is -2.26. The molecule has 3 nitrogen and oxygen atoms in total. The van der Waals surface area contributed by atoms with Crippen LogP contribution in [0.5, 0.6) is 0 Å². The number of hydrogen-bond donors (Lipinski definition) is 1. The Morgan fingerprint density at radius 1 is 1.29 bits per heavy atom. The minimum absolute atomic E-state index is 0.190. The molecule has 1 fully saturated rings. The molecule has 0 bridgehead atoms. The van der Waals surface area contributed by atoms with Gasteiger partial charge >= 0.3 is 0 Å². The van der Waals surface area contributed by atoms with Crippen molar-refractivity contribution in [3.05, 3.63) is 35.0 Å². The standard InChI is InChI=1S/C18H22N2O/c1-12-4-6-16-14(10-12)15-11-13(5-7-17(15)19-16)18(21)20-8-2-3-9-20/h4,6,10,13,19H,2-3,5,7-9,11H2,1H3. The van der Waals surface area contributed by atoms with Gasteiger partial charge in [0.2, 0.25) is 5.91 Å². The van der Waals surface area contributed by atoms with E-state index in [1.54, 1.807) is 0 Å². The number of nitrogens with zero attached hydrogens (tertiary/aromatic N) is 1. The Bertz CT molecular complexity index is 695. The molecule has 21 heavy (non-hydrogen) atoms. The topological polar surface area (TPSA) is 36.1 Å². The fourth-order valence-electron chi connectivity index (χ4n) is 3.94. The number of aromatic amines is 1. The van der Waals surface area contributed by atoms with E-state index in [0.29, 0.717) is 5.91 Å². The fourth-order valence-corrected chi connectivity index (χ4v) is 3.94. The second kappa shape index (κ2) is 4.90. The van der Waals surface area contributed by atoms with Crippen molar-refractivity contribution in [3.63, 3.8) is 0 Å². The van der Waals surface area contributed by atoms with Gasteiger partial charge in [0.15, 0.2) is 0 Å². The lowest BCUT2D eigenvalue weighted by Crippen LogP contribution is -2.36. The predicted octanol–water partition coefficient (Wildman–Crippen LogP) is 3.20. The molecule has 0 saturated carbocycles. The van der Waals surface area contributed by atoms with Gasteiger partial charge in [-0.2, -0.15) is 0 Å². The summed E-state index contributed by atoms with van der Waals surface area (Å²) in [5, 5.41) is 1.32. The highest BCUT2D eigenvalue weighted by Gasteiger charge is 2.31. The molecule has 1 aromatic heterocycles. The van der Waals surface area contributed by atoms with Gasteiger partial charge < -0.3 is 9.88 Å². The molecule has 1 saturated heterocycles. The van der Waals surface area contributed by atoms with Gasteiger partial charge in [-0.1, -0.05) is 11.6 Å². The summed E-state index contributed by atoms with van der Waals surface area (Å²) in [7, 11) is 0. The van der Waals surface area contributed by atoms with Gasteiger partial charge in [0.1, 0.15) is 0 Å². The number of aromatic nitrogens is 1. The van der Waals surface area contributed by atoms with Crippen LogP contribution < -0.4 is 0 Å². The van der Waals surface area contributed by atoms with Gasteiger partial charge in [0.05, 0.1) is 0 Å². The van der Waals surface area contributed by atoms with Crippen LogP contribution in [0.3, 0.4) is 0 Å². The third-order valence-electron chi connectivity index (χ3n) is 5.11. The highest BCUT2D eigenvalue weighted by Crippen LogP contribution is 2.33. The number of amides is 1. The van der Waals surface area contributed by atoms with E-state index in [0.717, 1.165) is 32.4 Å². The van der Waals surface area contributed by atoms with E-state index in [9.17, 15) is 4.79 Å². The van der Waals surface area contributed by atoms with Crippen molar-refractivity contribution in [3.8, 4) is 0 Å². The van der Waals surface area contributed by atoms with Gasteiger partial charge in [-0.05, 0) is 56.7 Å². The van der Waals surface area contributed by atoms with Gasteiger partial charge in [-0.15, -0.1) is 0 Å². The van der Waals surface area contributed by atoms with Crippen LogP contribution in [0, 0.1) is 12.8 Å². The van der Waals surface area contributed by atoms with Gasteiger partial charge in [-0.25, -0.2) is 0 Å². The first kappa shape index (κ1) is 12.9. The fraction of sp³-hybridized carbons (Fsp3) is 0.500. The molecule has 1 aliphatic heterocycles. The Labute approximate surface area is 125 Å². The predicted molar refractivity (Wildman–Crippen MR) is 84.4 cm³/mol. The van der Waals surface area contributed by atoms with E-state index in [2.05, 4.69) is 35.0 Å². The molecule has 1 amide bonds. The summed E-state index contributed by atoms with van der Waals surface area (Å²) >= 11 is 0. The van der Waals surface area contributed by atoms with E-state index >= 15 is 0 Å². The maximum absolute atomic E-state index is 12.7. The summed E-state index contributed by atoms with van der Waals surface area (Å²) in [4.78, 5) is 18.3. The van der Waals surface area contributed by atoms with Gasteiger partial charge in [0, 0.05) is 35.6 Å². The van der Waals surface area contributed by atoms with E-state index in [4.69, 9.17) is 0 Å². The Morgan fingerprint density at radius 2 is 2.10 bits per heavy atom. The van der Waals surface area contributed by atoms with Crippen LogP contribution in [0.4, 0.5) is 0 Å². The molecule has 1 aliphatic carbocycles. The summed E-state index contributed by atoms with van der Waals surface area (Å²) in [5.74, 6) is 0.579. The van der Waals surface area contributed by atoms with E-state index < -0.39 is 0 Å². The molecule has 0 spiro atoms. The monoisotopic (exact) mass is 282 g/mol. The average molecular weight is 282 g/mol. The zero-order valence-electron chi connectivity index (χ0n) is 12.6. The number of carbonyl (C=O) groups excluding carboxylic acids is 1.